The second-order valence-electron chi connectivity index (χ2n) is 11.5. The quantitative estimate of drug-likeness (QED) is 0.562. The number of benzene rings is 1. The van der Waals surface area contributed by atoms with Crippen molar-refractivity contribution in [3.63, 3.8) is 0 Å². The Labute approximate surface area is 231 Å². The molecule has 6 atom stereocenters. The van der Waals surface area contributed by atoms with E-state index < -0.39 is 33.4 Å². The Hall–Kier alpha value is -3.18. The molecule has 10 nitrogen and oxygen atoms in total. The Morgan fingerprint density at radius 3 is 2.54 bits per heavy atom. The first-order valence-electron chi connectivity index (χ1n) is 13.4. The van der Waals surface area contributed by atoms with Gasteiger partial charge in [-0.25, -0.2) is 4.68 Å². The van der Waals surface area contributed by atoms with Crippen molar-refractivity contribution in [2.24, 2.45) is 17.8 Å². The number of hydrogen-bond donors (Lipinski definition) is 1. The van der Waals surface area contributed by atoms with Crippen molar-refractivity contribution in [3.05, 3.63) is 48.6 Å². The summed E-state index contributed by atoms with van der Waals surface area (Å²) < 4.78 is 0.0894. The monoisotopic (exact) mass is 550 g/mol. The highest BCUT2D eigenvalue weighted by Gasteiger charge is 2.74. The second kappa shape index (κ2) is 9.19. The number of aromatic nitrogens is 3. The van der Waals surface area contributed by atoms with Crippen molar-refractivity contribution < 1.29 is 19.5 Å². The smallest absolute Gasteiger partial charge is 0.248 e. The summed E-state index contributed by atoms with van der Waals surface area (Å²) >= 11 is 1.55. The van der Waals surface area contributed by atoms with Crippen LogP contribution in [0.15, 0.2) is 48.6 Å². The summed E-state index contributed by atoms with van der Waals surface area (Å²) in [7, 11) is 1.76. The fourth-order valence-electron chi connectivity index (χ4n) is 6.92. The number of fused-ring (bicyclic) bond motifs is 3. The van der Waals surface area contributed by atoms with Crippen molar-refractivity contribution in [2.45, 2.75) is 49.0 Å². The third kappa shape index (κ3) is 3.69. The number of nitrogens with zero attached hydrogens (tertiary/aromatic N) is 6. The van der Waals surface area contributed by atoms with E-state index >= 15 is 0 Å². The molecule has 1 aromatic carbocycles. The van der Waals surface area contributed by atoms with Crippen molar-refractivity contribution in [2.75, 3.05) is 26.7 Å². The Bertz CT molecular complexity index is 1410. The van der Waals surface area contributed by atoms with Crippen LogP contribution in [0.1, 0.15) is 20.8 Å². The van der Waals surface area contributed by atoms with Gasteiger partial charge in [0.1, 0.15) is 18.2 Å². The van der Waals surface area contributed by atoms with Crippen molar-refractivity contribution in [3.8, 4) is 0 Å². The molecule has 5 heterocycles. The molecule has 1 spiro atoms. The molecule has 1 N–H and O–H groups in total. The SMILES string of the molecule is CC(C)[C@H](CO)N1C(=O)[C@@H]2[C@H]3C(=O)N(C)CC=C[C@@]3(C)S[C@@]23C=CCN(Cn2nnc4ccccc42)C(=O)C13. The Balaban J connectivity index is 1.47. The molecule has 206 valence electrons. The summed E-state index contributed by atoms with van der Waals surface area (Å²) in [6.07, 6.45) is 7.97. The molecule has 3 amide bonds. The van der Waals surface area contributed by atoms with Crippen LogP contribution in [-0.2, 0) is 21.1 Å². The number of likely N-dealkylation sites (tertiary alicyclic amines) is 1. The van der Waals surface area contributed by atoms with Gasteiger partial charge < -0.3 is 19.8 Å². The number of aliphatic hydroxyl groups excluding tert-OH is 1. The van der Waals surface area contributed by atoms with E-state index in [0.29, 0.717) is 13.1 Å². The van der Waals surface area contributed by atoms with Gasteiger partial charge in [-0.15, -0.1) is 16.9 Å². The highest BCUT2D eigenvalue weighted by molar-refractivity contribution is 8.02. The fraction of sp³-hybridized carbons (Fsp3) is 0.536. The van der Waals surface area contributed by atoms with Crippen molar-refractivity contribution in [1.29, 1.82) is 0 Å². The van der Waals surface area contributed by atoms with Crippen molar-refractivity contribution in [1.82, 2.24) is 29.7 Å². The van der Waals surface area contributed by atoms with Crippen LogP contribution in [0.3, 0.4) is 0 Å². The summed E-state index contributed by atoms with van der Waals surface area (Å²) in [6, 6.07) is 6.14. The van der Waals surface area contributed by atoms with E-state index in [9.17, 15) is 19.5 Å². The lowest BCUT2D eigenvalue weighted by Crippen LogP contribution is -2.58. The Morgan fingerprint density at radius 1 is 1.05 bits per heavy atom. The van der Waals surface area contributed by atoms with Crippen LogP contribution in [0, 0.1) is 17.8 Å². The number of aliphatic hydroxyl groups is 1. The highest BCUT2D eigenvalue weighted by atomic mass is 32.2. The second-order valence-corrected chi connectivity index (χ2v) is 13.3. The van der Waals surface area contributed by atoms with Crippen LogP contribution in [-0.4, -0.2) is 101 Å². The van der Waals surface area contributed by atoms with Crippen molar-refractivity contribution >= 4 is 40.5 Å². The molecule has 2 fully saturated rings. The van der Waals surface area contributed by atoms with Gasteiger partial charge in [0.15, 0.2) is 0 Å². The summed E-state index contributed by atoms with van der Waals surface area (Å²) in [5.74, 6) is -1.99. The maximum atomic E-state index is 14.6. The number of para-hydroxylation sites is 1. The molecule has 4 aliphatic heterocycles. The predicted molar refractivity (Wildman–Crippen MR) is 147 cm³/mol. The highest BCUT2D eigenvalue weighted by Crippen LogP contribution is 2.65. The molecule has 2 saturated heterocycles. The fourth-order valence-corrected chi connectivity index (χ4v) is 9.06. The van der Waals surface area contributed by atoms with Crippen LogP contribution in [0.4, 0.5) is 0 Å². The number of amides is 3. The lowest BCUT2D eigenvalue weighted by atomic mass is 9.74. The molecule has 4 aliphatic rings. The van der Waals surface area contributed by atoms with E-state index in [4.69, 9.17) is 0 Å². The minimum absolute atomic E-state index is 0.0908. The molecule has 0 aliphatic carbocycles. The van der Waals surface area contributed by atoms with Gasteiger partial charge in [-0.05, 0) is 25.0 Å². The number of carbonyl (C=O) groups is 3. The van der Waals surface area contributed by atoms with E-state index in [1.54, 1.807) is 38.2 Å². The van der Waals surface area contributed by atoms with E-state index in [-0.39, 0.29) is 36.9 Å². The normalized spacial score (nSPS) is 33.0. The average molecular weight is 551 g/mol. The number of likely N-dealkylation sites (N-methyl/N-ethyl adjacent to an activating group) is 1. The van der Waals surface area contributed by atoms with Gasteiger partial charge in [0.2, 0.25) is 17.7 Å². The molecule has 0 bridgehead atoms. The summed E-state index contributed by atoms with van der Waals surface area (Å²) in [6.45, 7) is 6.59. The number of thioether (sulfide) groups is 1. The Morgan fingerprint density at radius 2 is 1.79 bits per heavy atom. The first-order valence-corrected chi connectivity index (χ1v) is 14.2. The van der Waals surface area contributed by atoms with Gasteiger partial charge >= 0.3 is 0 Å². The molecule has 1 aromatic heterocycles. The third-order valence-corrected chi connectivity index (χ3v) is 10.6. The molecular weight excluding hydrogens is 516 g/mol. The summed E-state index contributed by atoms with van der Waals surface area (Å²) in [4.78, 5) is 47.7. The number of carbonyl (C=O) groups excluding carboxylic acids is 3. The minimum Gasteiger partial charge on any atom is -0.394 e. The molecule has 6 rings (SSSR count). The number of rotatable bonds is 5. The van der Waals surface area contributed by atoms with Crippen LogP contribution in [0.25, 0.3) is 11.0 Å². The van der Waals surface area contributed by atoms with Gasteiger partial charge in [-0.3, -0.25) is 14.4 Å². The molecule has 11 heteroatoms. The van der Waals surface area contributed by atoms with E-state index in [1.807, 2.05) is 69.3 Å². The lowest BCUT2D eigenvalue weighted by Gasteiger charge is -2.40. The third-order valence-electron chi connectivity index (χ3n) is 8.82. The molecule has 1 unspecified atom stereocenters. The van der Waals surface area contributed by atoms with E-state index in [1.165, 1.54) is 0 Å². The number of hydrogen-bond acceptors (Lipinski definition) is 7. The van der Waals surface area contributed by atoms with Gasteiger partial charge in [0, 0.05) is 24.9 Å². The lowest BCUT2D eigenvalue weighted by molar-refractivity contribution is -0.148. The van der Waals surface area contributed by atoms with Gasteiger partial charge in [0.05, 0.1) is 34.7 Å². The zero-order valence-corrected chi connectivity index (χ0v) is 23.4. The maximum absolute atomic E-state index is 14.6. The van der Waals surface area contributed by atoms with Crippen LogP contribution >= 0.6 is 11.8 Å². The topological polar surface area (TPSA) is 112 Å². The standard InChI is InChI=1S/C28H34N6O4S/c1-17(2)20(15-35)34-23-26(38)32(16-33-19-10-6-5-9-18(19)29-30-33)14-8-12-28(23)22(25(34)37)21-24(36)31(4)13-7-11-27(21,3)39-28/h5-12,17,20-23,35H,13-16H2,1-4H3/t20-,21-,22-,23?,27+,28-/m0/s1. The first kappa shape index (κ1) is 26.1. The average Bonchev–Trinajstić information content (AvgIpc) is 3.43. The zero-order chi connectivity index (χ0) is 27.7. The zero-order valence-electron chi connectivity index (χ0n) is 22.6. The van der Waals surface area contributed by atoms with Crippen LogP contribution in [0.5, 0.6) is 0 Å². The molecular formula is C28H34N6O4S. The molecule has 39 heavy (non-hydrogen) atoms. The Kier molecular flexibility index (Phi) is 6.14. The van der Waals surface area contributed by atoms with Gasteiger partial charge in [0.25, 0.3) is 0 Å². The predicted octanol–water partition coefficient (Wildman–Crippen LogP) is 1.52. The maximum Gasteiger partial charge on any atom is 0.248 e. The molecule has 0 saturated carbocycles. The van der Waals surface area contributed by atoms with E-state index in [0.717, 1.165) is 11.0 Å². The van der Waals surface area contributed by atoms with Gasteiger partial charge in [-0.1, -0.05) is 55.5 Å². The van der Waals surface area contributed by atoms with Gasteiger partial charge in [-0.2, -0.15) is 0 Å². The molecule has 0 radical (unpaired) electrons. The summed E-state index contributed by atoms with van der Waals surface area (Å²) in [5.41, 5.74) is 1.54. The minimum atomic E-state index is -0.951. The summed E-state index contributed by atoms with van der Waals surface area (Å²) in [5, 5.41) is 19.0. The van der Waals surface area contributed by atoms with E-state index in [2.05, 4.69) is 10.3 Å². The van der Waals surface area contributed by atoms with Crippen LogP contribution in [0.2, 0.25) is 0 Å². The first-order chi connectivity index (χ1) is 18.6. The molecule has 2 aromatic rings. The largest absolute Gasteiger partial charge is 0.394 e. The van der Waals surface area contributed by atoms with Crippen LogP contribution < -0.4 is 0 Å².